The molecule has 1 saturated heterocycles. The number of ether oxygens (including phenoxy) is 2. The van der Waals surface area contributed by atoms with Gasteiger partial charge in [-0.2, -0.15) is 5.10 Å². The number of Topliss-reactive ketones (excluding diaryl/α,β-unsaturated/α-hetero) is 1. The summed E-state index contributed by atoms with van der Waals surface area (Å²) >= 11 is 0. The predicted octanol–water partition coefficient (Wildman–Crippen LogP) is 6.30. The molecule has 0 spiro atoms. The Morgan fingerprint density at radius 3 is 2.56 bits per heavy atom. The van der Waals surface area contributed by atoms with Gasteiger partial charge in [0, 0.05) is 35.8 Å². The number of ketones is 1. The van der Waals surface area contributed by atoms with Gasteiger partial charge in [0.05, 0.1) is 19.9 Å². The van der Waals surface area contributed by atoms with Gasteiger partial charge in [0.15, 0.2) is 23.0 Å². The highest BCUT2D eigenvalue weighted by Crippen LogP contribution is 2.34. The fourth-order valence-electron chi connectivity index (χ4n) is 6.21. The maximum absolute atomic E-state index is 13.9. The number of hydrogen-bond acceptors (Lipinski definition) is 5. The number of likely N-dealkylation sites (tertiary alicyclic amines) is 1. The van der Waals surface area contributed by atoms with Crippen molar-refractivity contribution in [2.45, 2.75) is 39.5 Å². The summed E-state index contributed by atoms with van der Waals surface area (Å²) in [4.78, 5) is 29.0. The largest absolute Gasteiger partial charge is 0.493 e. The summed E-state index contributed by atoms with van der Waals surface area (Å²) in [6.45, 7) is 5.48. The van der Waals surface area contributed by atoms with E-state index in [1.165, 1.54) is 0 Å². The van der Waals surface area contributed by atoms with E-state index in [0.717, 1.165) is 48.2 Å². The smallest absolute Gasteiger partial charge is 0.274 e. The topological polar surface area (TPSA) is 73.7 Å². The first-order valence-corrected chi connectivity index (χ1v) is 14.5. The highest BCUT2D eigenvalue weighted by Gasteiger charge is 2.34. The number of rotatable bonds is 7. The molecule has 3 heterocycles. The monoisotopic (exact) mass is 553 g/mol. The Bertz CT molecular complexity index is 1460. The second-order valence-corrected chi connectivity index (χ2v) is 11.1. The van der Waals surface area contributed by atoms with Gasteiger partial charge in [0.1, 0.15) is 0 Å². The molecular formula is C34H39N3O4. The third-order valence-corrected chi connectivity index (χ3v) is 8.47. The van der Waals surface area contributed by atoms with E-state index in [0.29, 0.717) is 30.3 Å². The van der Waals surface area contributed by atoms with Crippen LogP contribution < -0.4 is 9.47 Å². The first-order valence-electron chi connectivity index (χ1n) is 14.5. The van der Waals surface area contributed by atoms with E-state index in [-0.39, 0.29) is 29.4 Å². The lowest BCUT2D eigenvalue weighted by molar-refractivity contribution is 0.0718. The van der Waals surface area contributed by atoms with E-state index < -0.39 is 0 Å². The minimum absolute atomic E-state index is 0.0570. The Balaban J connectivity index is 1.37. The zero-order chi connectivity index (χ0) is 28.9. The fourth-order valence-corrected chi connectivity index (χ4v) is 6.21. The number of benzene rings is 2. The van der Waals surface area contributed by atoms with E-state index >= 15 is 0 Å². The third kappa shape index (κ3) is 5.99. The molecule has 1 fully saturated rings. The molecular weight excluding hydrogens is 514 g/mol. The van der Waals surface area contributed by atoms with Crippen LogP contribution in [-0.2, 0) is 6.42 Å². The molecule has 2 unspecified atom stereocenters. The Morgan fingerprint density at radius 2 is 1.80 bits per heavy atom. The van der Waals surface area contributed by atoms with Crippen LogP contribution in [0.25, 0.3) is 5.70 Å². The summed E-state index contributed by atoms with van der Waals surface area (Å²) in [7, 11) is 3.24. The number of nitrogens with zero attached hydrogens (tertiary/aromatic N) is 3. The SMILES string of the molecule is COc1ccc(/C2=C/C=C\CCc3cc(C(=O)N4CCCC(C(C)C(=O)c5ccccc5)[C@@H](C)C4)nn32)cc1OC. The van der Waals surface area contributed by atoms with Crippen LogP contribution in [0.2, 0.25) is 0 Å². The van der Waals surface area contributed by atoms with Crippen LogP contribution in [0.5, 0.6) is 11.5 Å². The minimum atomic E-state index is -0.100. The normalized spacial score (nSPS) is 21.8. The number of carbonyl (C=O) groups is 2. The van der Waals surface area contributed by atoms with E-state index in [4.69, 9.17) is 14.6 Å². The zero-order valence-corrected chi connectivity index (χ0v) is 24.4. The van der Waals surface area contributed by atoms with Crippen LogP contribution in [0.1, 0.15) is 65.2 Å². The molecule has 0 saturated carbocycles. The number of hydrogen-bond donors (Lipinski definition) is 0. The molecule has 0 radical (unpaired) electrons. The average Bonchev–Trinajstić information content (AvgIpc) is 3.29. The summed E-state index contributed by atoms with van der Waals surface area (Å²) < 4.78 is 12.9. The summed E-state index contributed by atoms with van der Waals surface area (Å²) in [6, 6.07) is 17.3. The van der Waals surface area contributed by atoms with Gasteiger partial charge >= 0.3 is 0 Å². The van der Waals surface area contributed by atoms with Crippen LogP contribution in [0.4, 0.5) is 0 Å². The maximum Gasteiger partial charge on any atom is 0.274 e. The number of allylic oxidation sites excluding steroid dienone is 3. The standard InChI is InChI=1S/C34H39N3O4/c1-23-22-36(19-11-15-28(23)24(2)33(38)25-12-7-5-8-13-25)34(39)29-21-27-14-9-6-10-16-30(37(27)35-29)26-17-18-31(40-3)32(20-26)41-4/h5-8,10,12-13,16-18,20-21,23-24,28H,9,11,14-15,19,22H2,1-4H3/b10-6-,30-16-/t23-,24?,28?/m0/s1. The molecule has 3 aromatic rings. The van der Waals surface area contributed by atoms with Crippen molar-refractivity contribution in [2.75, 3.05) is 27.3 Å². The molecule has 5 rings (SSSR count). The molecule has 0 bridgehead atoms. The molecule has 1 amide bonds. The van der Waals surface area contributed by atoms with Crippen LogP contribution in [0.15, 0.2) is 72.8 Å². The van der Waals surface area contributed by atoms with Gasteiger partial charge in [0.2, 0.25) is 0 Å². The summed E-state index contributed by atoms with van der Waals surface area (Å²) in [5, 5.41) is 4.86. The third-order valence-electron chi connectivity index (χ3n) is 8.47. The zero-order valence-electron chi connectivity index (χ0n) is 24.4. The molecule has 2 aromatic carbocycles. The molecule has 41 heavy (non-hydrogen) atoms. The van der Waals surface area contributed by atoms with E-state index in [1.807, 2.05) is 83.3 Å². The minimum Gasteiger partial charge on any atom is -0.493 e. The first kappa shape index (κ1) is 28.4. The molecule has 2 aliphatic heterocycles. The molecule has 0 aliphatic carbocycles. The predicted molar refractivity (Wildman–Crippen MR) is 160 cm³/mol. The molecule has 3 atom stereocenters. The van der Waals surface area contributed by atoms with Crippen molar-refractivity contribution in [1.82, 2.24) is 14.7 Å². The number of aromatic nitrogens is 2. The van der Waals surface area contributed by atoms with E-state index in [2.05, 4.69) is 13.0 Å². The van der Waals surface area contributed by atoms with Crippen molar-refractivity contribution in [1.29, 1.82) is 0 Å². The average molecular weight is 554 g/mol. The van der Waals surface area contributed by atoms with Gasteiger partial charge < -0.3 is 14.4 Å². The van der Waals surface area contributed by atoms with Gasteiger partial charge in [-0.25, -0.2) is 4.68 Å². The van der Waals surface area contributed by atoms with E-state index in [1.54, 1.807) is 14.2 Å². The van der Waals surface area contributed by atoms with Gasteiger partial charge in [-0.15, -0.1) is 0 Å². The number of fused-ring (bicyclic) bond motifs is 1. The first-order chi connectivity index (χ1) is 19.9. The van der Waals surface area contributed by atoms with Crippen molar-refractivity contribution in [3.8, 4) is 11.5 Å². The van der Waals surface area contributed by atoms with Gasteiger partial charge in [0.25, 0.3) is 5.91 Å². The second-order valence-electron chi connectivity index (χ2n) is 11.1. The van der Waals surface area contributed by atoms with Crippen LogP contribution >= 0.6 is 0 Å². The second kappa shape index (κ2) is 12.6. The van der Waals surface area contributed by atoms with Gasteiger partial charge in [-0.1, -0.05) is 56.3 Å². The van der Waals surface area contributed by atoms with E-state index in [9.17, 15) is 9.59 Å². The number of methoxy groups -OCH3 is 2. The molecule has 214 valence electrons. The lowest BCUT2D eigenvalue weighted by Crippen LogP contribution is -2.36. The number of amides is 1. The van der Waals surface area contributed by atoms with Crippen molar-refractivity contribution in [3.05, 3.63) is 95.3 Å². The summed E-state index contributed by atoms with van der Waals surface area (Å²) in [6.07, 6.45) is 9.61. The van der Waals surface area contributed by atoms with Gasteiger partial charge in [-0.3, -0.25) is 9.59 Å². The highest BCUT2D eigenvalue weighted by atomic mass is 16.5. The van der Waals surface area contributed by atoms with Gasteiger partial charge in [-0.05, 0) is 67.9 Å². The molecule has 1 aromatic heterocycles. The van der Waals surface area contributed by atoms with Crippen molar-refractivity contribution >= 4 is 17.4 Å². The lowest BCUT2D eigenvalue weighted by Gasteiger charge is -2.29. The maximum atomic E-state index is 13.9. The van der Waals surface area contributed by atoms with Crippen molar-refractivity contribution < 1.29 is 19.1 Å². The quantitative estimate of drug-likeness (QED) is 0.321. The molecule has 7 nitrogen and oxygen atoms in total. The molecule has 7 heteroatoms. The number of aryl methyl sites for hydroxylation is 1. The van der Waals surface area contributed by atoms with Crippen molar-refractivity contribution in [2.24, 2.45) is 17.8 Å². The van der Waals surface area contributed by atoms with Crippen LogP contribution in [-0.4, -0.2) is 53.7 Å². The lowest BCUT2D eigenvalue weighted by atomic mass is 9.77. The van der Waals surface area contributed by atoms with Crippen LogP contribution in [0, 0.1) is 17.8 Å². The summed E-state index contributed by atoms with van der Waals surface area (Å²) in [5.41, 5.74) is 3.98. The molecule has 0 N–H and O–H groups in total. The Morgan fingerprint density at radius 1 is 1.02 bits per heavy atom. The van der Waals surface area contributed by atoms with Crippen LogP contribution in [0.3, 0.4) is 0 Å². The Kier molecular flexibility index (Phi) is 8.72. The summed E-state index contributed by atoms with van der Waals surface area (Å²) in [5.74, 6) is 1.72. The number of carbonyl (C=O) groups excluding carboxylic acids is 2. The Labute approximate surface area is 242 Å². The molecule has 2 aliphatic rings. The van der Waals surface area contributed by atoms with Crippen molar-refractivity contribution in [3.63, 3.8) is 0 Å². The Hall–Kier alpha value is -4.13. The fraction of sp³-hybridized carbons (Fsp3) is 0.382. The highest BCUT2D eigenvalue weighted by molar-refractivity contribution is 5.97.